The first kappa shape index (κ1) is 11.1. The van der Waals surface area contributed by atoms with Crippen molar-refractivity contribution in [1.29, 1.82) is 0 Å². The van der Waals surface area contributed by atoms with Gasteiger partial charge in [-0.05, 0) is 6.07 Å². The fourth-order valence-corrected chi connectivity index (χ4v) is 1.01. The first-order valence-corrected chi connectivity index (χ1v) is 3.87. The molecule has 0 spiro atoms. The van der Waals surface area contributed by atoms with Crippen LogP contribution in [0.15, 0.2) is 12.1 Å². The van der Waals surface area contributed by atoms with Crippen LogP contribution in [0.5, 0.6) is 0 Å². The van der Waals surface area contributed by atoms with Crippen LogP contribution in [-0.4, -0.2) is 19.5 Å². The molecule has 4 nitrogen and oxygen atoms in total. The van der Waals surface area contributed by atoms with E-state index in [9.17, 15) is 18.4 Å². The third-order valence-corrected chi connectivity index (χ3v) is 1.68. The summed E-state index contributed by atoms with van der Waals surface area (Å²) in [4.78, 5) is 21.3. The smallest absolute Gasteiger partial charge is 0.340 e. The zero-order valence-electron chi connectivity index (χ0n) is 7.71. The number of rotatable bonds is 3. The van der Waals surface area contributed by atoms with Gasteiger partial charge in [-0.25, -0.2) is 13.6 Å². The van der Waals surface area contributed by atoms with Gasteiger partial charge in [0.2, 0.25) is 6.41 Å². The van der Waals surface area contributed by atoms with Gasteiger partial charge in [0.15, 0.2) is 11.6 Å². The first-order valence-electron chi connectivity index (χ1n) is 3.87. The quantitative estimate of drug-likeness (QED) is 0.611. The minimum atomic E-state index is -1.19. The SMILES string of the molecule is COC(=O)c1cc(F)c(F)cc1NC=O. The van der Waals surface area contributed by atoms with E-state index in [0.29, 0.717) is 12.1 Å². The molecule has 0 radical (unpaired) electrons. The highest BCUT2D eigenvalue weighted by molar-refractivity contribution is 5.97. The van der Waals surface area contributed by atoms with E-state index < -0.39 is 17.6 Å². The summed E-state index contributed by atoms with van der Waals surface area (Å²) in [5, 5.41) is 2.07. The predicted molar refractivity (Wildman–Crippen MR) is 47.4 cm³/mol. The van der Waals surface area contributed by atoms with E-state index in [1.165, 1.54) is 0 Å². The number of carbonyl (C=O) groups is 2. The number of carbonyl (C=O) groups excluding carboxylic acids is 2. The lowest BCUT2D eigenvalue weighted by Crippen LogP contribution is -2.08. The third-order valence-electron chi connectivity index (χ3n) is 1.68. The summed E-state index contributed by atoms with van der Waals surface area (Å²) >= 11 is 0. The van der Waals surface area contributed by atoms with Crippen LogP contribution in [-0.2, 0) is 9.53 Å². The van der Waals surface area contributed by atoms with Gasteiger partial charge in [-0.1, -0.05) is 0 Å². The van der Waals surface area contributed by atoms with Gasteiger partial charge in [0.25, 0.3) is 0 Å². The third kappa shape index (κ3) is 2.28. The number of anilines is 1. The molecule has 1 amide bonds. The predicted octanol–water partition coefficient (Wildman–Crippen LogP) is 1.32. The van der Waals surface area contributed by atoms with Crippen molar-refractivity contribution in [3.8, 4) is 0 Å². The molecule has 0 saturated heterocycles. The highest BCUT2D eigenvalue weighted by Crippen LogP contribution is 2.20. The monoisotopic (exact) mass is 215 g/mol. The fourth-order valence-electron chi connectivity index (χ4n) is 1.01. The van der Waals surface area contributed by atoms with Crippen molar-refractivity contribution in [2.45, 2.75) is 0 Å². The number of esters is 1. The van der Waals surface area contributed by atoms with Crippen LogP contribution in [0.1, 0.15) is 10.4 Å². The van der Waals surface area contributed by atoms with Crippen molar-refractivity contribution in [2.24, 2.45) is 0 Å². The molecule has 80 valence electrons. The van der Waals surface area contributed by atoms with Crippen molar-refractivity contribution < 1.29 is 23.1 Å². The molecule has 0 aliphatic carbocycles. The van der Waals surface area contributed by atoms with E-state index in [4.69, 9.17) is 0 Å². The van der Waals surface area contributed by atoms with Gasteiger partial charge in [-0.2, -0.15) is 0 Å². The number of methoxy groups -OCH3 is 1. The van der Waals surface area contributed by atoms with Crippen LogP contribution >= 0.6 is 0 Å². The second kappa shape index (κ2) is 4.50. The number of hydrogen-bond acceptors (Lipinski definition) is 3. The number of amides is 1. The average molecular weight is 215 g/mol. The molecule has 0 unspecified atom stereocenters. The van der Waals surface area contributed by atoms with Gasteiger partial charge in [0.05, 0.1) is 18.4 Å². The molecule has 0 heterocycles. The molecule has 1 N–H and O–H groups in total. The average Bonchev–Trinajstić information content (AvgIpc) is 2.22. The van der Waals surface area contributed by atoms with Crippen LogP contribution in [0.3, 0.4) is 0 Å². The molecule has 0 aliphatic rings. The number of nitrogens with one attached hydrogen (secondary N) is 1. The van der Waals surface area contributed by atoms with Gasteiger partial charge in [-0.15, -0.1) is 0 Å². The van der Waals surface area contributed by atoms with E-state index >= 15 is 0 Å². The van der Waals surface area contributed by atoms with E-state index in [1.807, 2.05) is 0 Å². The largest absolute Gasteiger partial charge is 0.465 e. The van der Waals surface area contributed by atoms with Gasteiger partial charge in [0.1, 0.15) is 0 Å². The molecule has 0 atom stereocenters. The lowest BCUT2D eigenvalue weighted by Gasteiger charge is -2.06. The topological polar surface area (TPSA) is 55.4 Å². The summed E-state index contributed by atoms with van der Waals surface area (Å²) < 4.78 is 29.9. The second-order valence-corrected chi connectivity index (χ2v) is 2.57. The zero-order chi connectivity index (χ0) is 11.4. The van der Waals surface area contributed by atoms with Gasteiger partial charge in [-0.3, -0.25) is 4.79 Å². The summed E-state index contributed by atoms with van der Waals surface area (Å²) in [6.45, 7) is 0. The van der Waals surface area contributed by atoms with E-state index in [0.717, 1.165) is 7.11 Å². The van der Waals surface area contributed by atoms with Crippen LogP contribution in [0.2, 0.25) is 0 Å². The van der Waals surface area contributed by atoms with E-state index in [1.54, 1.807) is 0 Å². The molecule has 0 bridgehead atoms. The van der Waals surface area contributed by atoms with Crippen LogP contribution in [0.25, 0.3) is 0 Å². The summed E-state index contributed by atoms with van der Waals surface area (Å²) in [6, 6.07) is 1.36. The number of halogens is 2. The zero-order valence-corrected chi connectivity index (χ0v) is 7.71. The molecule has 1 aromatic rings. The van der Waals surface area contributed by atoms with Crippen molar-refractivity contribution in [3.63, 3.8) is 0 Å². The van der Waals surface area contributed by atoms with E-state index in [2.05, 4.69) is 10.1 Å². The van der Waals surface area contributed by atoms with Crippen LogP contribution in [0.4, 0.5) is 14.5 Å². The lowest BCUT2D eigenvalue weighted by molar-refractivity contribution is -0.105. The Morgan fingerprint density at radius 1 is 1.40 bits per heavy atom. The molecule has 0 aromatic heterocycles. The lowest BCUT2D eigenvalue weighted by atomic mass is 10.1. The summed E-state index contributed by atoms with van der Waals surface area (Å²) in [7, 11) is 1.09. The van der Waals surface area contributed by atoms with Crippen LogP contribution in [0, 0.1) is 11.6 Å². The van der Waals surface area contributed by atoms with Crippen molar-refractivity contribution in [1.82, 2.24) is 0 Å². The molecule has 1 rings (SSSR count). The number of benzene rings is 1. The van der Waals surface area contributed by atoms with Crippen molar-refractivity contribution in [3.05, 3.63) is 29.3 Å². The molecule has 6 heteroatoms. The highest BCUT2D eigenvalue weighted by atomic mass is 19.2. The van der Waals surface area contributed by atoms with Gasteiger partial charge >= 0.3 is 5.97 Å². The summed E-state index contributed by atoms with van der Waals surface area (Å²) in [5.41, 5.74) is -0.390. The normalized spacial score (nSPS) is 9.53. The molecule has 1 aromatic carbocycles. The van der Waals surface area contributed by atoms with Gasteiger partial charge < -0.3 is 10.1 Å². The minimum absolute atomic E-state index is 0.143. The number of hydrogen-bond donors (Lipinski definition) is 1. The van der Waals surface area contributed by atoms with Crippen LogP contribution < -0.4 is 5.32 Å². The fraction of sp³-hybridized carbons (Fsp3) is 0.111. The Morgan fingerprint density at radius 2 is 2.00 bits per heavy atom. The molecular formula is C9H7F2NO3. The Morgan fingerprint density at radius 3 is 2.53 bits per heavy atom. The Labute approximate surface area is 83.8 Å². The van der Waals surface area contributed by atoms with E-state index in [-0.39, 0.29) is 17.7 Å². The maximum absolute atomic E-state index is 12.8. The Bertz CT molecular complexity index is 407. The molecular weight excluding hydrogens is 208 g/mol. The van der Waals surface area contributed by atoms with Crippen molar-refractivity contribution in [2.75, 3.05) is 12.4 Å². The Kier molecular flexibility index (Phi) is 3.33. The Balaban J connectivity index is 3.27. The highest BCUT2D eigenvalue weighted by Gasteiger charge is 2.16. The van der Waals surface area contributed by atoms with Crippen molar-refractivity contribution >= 4 is 18.1 Å². The minimum Gasteiger partial charge on any atom is -0.465 e. The molecule has 0 saturated carbocycles. The standard InChI is InChI=1S/C9H7F2NO3/c1-15-9(14)5-2-6(10)7(11)3-8(5)12-4-13/h2-4H,1H3,(H,12,13). The second-order valence-electron chi connectivity index (χ2n) is 2.57. The Hall–Kier alpha value is -1.98. The number of ether oxygens (including phenoxy) is 1. The maximum Gasteiger partial charge on any atom is 0.340 e. The summed E-state index contributed by atoms with van der Waals surface area (Å²) in [6.07, 6.45) is 0.249. The molecule has 15 heavy (non-hydrogen) atoms. The summed E-state index contributed by atoms with van der Waals surface area (Å²) in [5.74, 6) is -3.21. The first-order chi connectivity index (χ1) is 7.10. The van der Waals surface area contributed by atoms with Gasteiger partial charge in [0, 0.05) is 6.07 Å². The molecule has 0 fully saturated rings. The molecule has 0 aliphatic heterocycles. The maximum atomic E-state index is 12.8.